The van der Waals surface area contributed by atoms with Gasteiger partial charge in [0.1, 0.15) is 6.04 Å². The van der Waals surface area contributed by atoms with Crippen molar-refractivity contribution in [2.45, 2.75) is 38.4 Å². The SMILES string of the molecule is COC(=O)C(C)NC(=O)N1CCC(N2Cc3ccccc3NC2=O)CC1. The molecule has 140 valence electrons. The van der Waals surface area contributed by atoms with Crippen molar-refractivity contribution in [1.29, 1.82) is 0 Å². The minimum Gasteiger partial charge on any atom is -0.467 e. The van der Waals surface area contributed by atoms with Crippen LogP contribution < -0.4 is 10.6 Å². The van der Waals surface area contributed by atoms with Gasteiger partial charge in [-0.1, -0.05) is 18.2 Å². The first-order valence-electron chi connectivity index (χ1n) is 8.78. The molecular formula is C18H24N4O4. The second-order valence-corrected chi connectivity index (χ2v) is 6.63. The molecule has 2 aliphatic heterocycles. The molecule has 26 heavy (non-hydrogen) atoms. The fraction of sp³-hybridized carbons (Fsp3) is 0.500. The van der Waals surface area contributed by atoms with Crippen LogP contribution in [-0.2, 0) is 16.1 Å². The standard InChI is InChI=1S/C18H24N4O4/c1-12(16(23)26-2)19-17(24)21-9-7-14(8-10-21)22-11-13-5-3-4-6-15(13)20-18(22)25/h3-6,12,14H,7-11H2,1-2H3,(H,19,24)(H,20,25). The van der Waals surface area contributed by atoms with E-state index in [2.05, 4.69) is 15.4 Å². The summed E-state index contributed by atoms with van der Waals surface area (Å²) in [5, 5.41) is 5.56. The number of benzene rings is 1. The largest absolute Gasteiger partial charge is 0.467 e. The highest BCUT2D eigenvalue weighted by atomic mass is 16.5. The number of urea groups is 2. The number of ether oxygens (including phenoxy) is 1. The molecule has 1 aromatic rings. The van der Waals surface area contributed by atoms with Gasteiger partial charge in [0.15, 0.2) is 0 Å². The number of carbonyl (C=O) groups excluding carboxylic acids is 3. The lowest BCUT2D eigenvalue weighted by Crippen LogP contribution is -2.54. The number of piperidine rings is 1. The lowest BCUT2D eigenvalue weighted by Gasteiger charge is -2.40. The molecule has 1 atom stereocenters. The molecule has 8 nitrogen and oxygen atoms in total. The first-order valence-corrected chi connectivity index (χ1v) is 8.78. The summed E-state index contributed by atoms with van der Waals surface area (Å²) in [6.45, 7) is 3.25. The summed E-state index contributed by atoms with van der Waals surface area (Å²) in [5.74, 6) is -0.475. The summed E-state index contributed by atoms with van der Waals surface area (Å²) in [4.78, 5) is 39.6. The van der Waals surface area contributed by atoms with Crippen molar-refractivity contribution in [2.75, 3.05) is 25.5 Å². The average molecular weight is 360 g/mol. The summed E-state index contributed by atoms with van der Waals surface area (Å²) in [6.07, 6.45) is 1.41. The number of para-hydroxylation sites is 1. The predicted octanol–water partition coefficient (Wildman–Crippen LogP) is 1.77. The second kappa shape index (κ2) is 7.63. The normalized spacial score (nSPS) is 18.6. The Morgan fingerprint density at radius 2 is 1.96 bits per heavy atom. The number of amides is 4. The number of nitrogens with one attached hydrogen (secondary N) is 2. The Morgan fingerprint density at radius 3 is 2.65 bits per heavy atom. The molecule has 0 aromatic heterocycles. The maximum atomic E-state index is 12.4. The third-order valence-electron chi connectivity index (χ3n) is 4.95. The highest BCUT2D eigenvalue weighted by Gasteiger charge is 2.33. The van der Waals surface area contributed by atoms with E-state index in [1.165, 1.54) is 7.11 Å². The van der Waals surface area contributed by atoms with Gasteiger partial charge in [-0.3, -0.25) is 0 Å². The van der Waals surface area contributed by atoms with E-state index in [-0.39, 0.29) is 18.1 Å². The number of rotatable bonds is 3. The lowest BCUT2D eigenvalue weighted by atomic mass is 10.0. The van der Waals surface area contributed by atoms with Gasteiger partial charge in [0.05, 0.1) is 7.11 Å². The van der Waals surface area contributed by atoms with Gasteiger partial charge >= 0.3 is 18.0 Å². The van der Waals surface area contributed by atoms with E-state index < -0.39 is 12.0 Å². The number of nitrogens with zero attached hydrogens (tertiary/aromatic N) is 2. The van der Waals surface area contributed by atoms with E-state index in [4.69, 9.17) is 0 Å². The average Bonchev–Trinajstić information content (AvgIpc) is 2.66. The number of hydrogen-bond acceptors (Lipinski definition) is 4. The Labute approximate surface area is 152 Å². The maximum absolute atomic E-state index is 12.4. The number of anilines is 1. The monoisotopic (exact) mass is 360 g/mol. The van der Waals surface area contributed by atoms with Crippen LogP contribution in [0.2, 0.25) is 0 Å². The van der Waals surface area contributed by atoms with Gasteiger partial charge in [-0.15, -0.1) is 0 Å². The number of carbonyl (C=O) groups is 3. The van der Waals surface area contributed by atoms with Crippen LogP contribution in [0.1, 0.15) is 25.3 Å². The van der Waals surface area contributed by atoms with Gasteiger partial charge < -0.3 is 25.2 Å². The van der Waals surface area contributed by atoms with Crippen molar-refractivity contribution in [1.82, 2.24) is 15.1 Å². The number of likely N-dealkylation sites (tertiary alicyclic amines) is 1. The number of hydrogen-bond donors (Lipinski definition) is 2. The fourth-order valence-corrected chi connectivity index (χ4v) is 3.41. The first-order chi connectivity index (χ1) is 12.5. The summed E-state index contributed by atoms with van der Waals surface area (Å²) < 4.78 is 4.61. The van der Waals surface area contributed by atoms with Crippen LogP contribution >= 0.6 is 0 Å². The van der Waals surface area contributed by atoms with Crippen LogP contribution in [0.25, 0.3) is 0 Å². The van der Waals surface area contributed by atoms with E-state index in [1.807, 2.05) is 29.2 Å². The van der Waals surface area contributed by atoms with Gasteiger partial charge in [-0.2, -0.15) is 0 Å². The van der Waals surface area contributed by atoms with Crippen LogP contribution in [0.15, 0.2) is 24.3 Å². The number of fused-ring (bicyclic) bond motifs is 1. The molecule has 8 heteroatoms. The van der Waals surface area contributed by atoms with Crippen LogP contribution in [0.5, 0.6) is 0 Å². The van der Waals surface area contributed by atoms with E-state index in [0.717, 1.165) is 11.3 Å². The molecule has 0 bridgehead atoms. The van der Waals surface area contributed by atoms with Crippen molar-refractivity contribution in [3.63, 3.8) is 0 Å². The Balaban J connectivity index is 1.55. The minimum atomic E-state index is -0.686. The van der Waals surface area contributed by atoms with Crippen LogP contribution in [0.3, 0.4) is 0 Å². The summed E-state index contributed by atoms with van der Waals surface area (Å²) >= 11 is 0. The molecular weight excluding hydrogens is 336 g/mol. The van der Waals surface area contributed by atoms with E-state index in [1.54, 1.807) is 11.8 Å². The van der Waals surface area contributed by atoms with Crippen LogP contribution in [-0.4, -0.2) is 60.1 Å². The zero-order valence-corrected chi connectivity index (χ0v) is 15.0. The van der Waals surface area contributed by atoms with Gasteiger partial charge in [-0.05, 0) is 31.4 Å². The van der Waals surface area contributed by atoms with Crippen molar-refractivity contribution < 1.29 is 19.1 Å². The molecule has 2 heterocycles. The predicted molar refractivity (Wildman–Crippen MR) is 95.6 cm³/mol. The number of esters is 1. The third-order valence-corrected chi connectivity index (χ3v) is 4.95. The smallest absolute Gasteiger partial charge is 0.328 e. The Morgan fingerprint density at radius 1 is 1.27 bits per heavy atom. The quantitative estimate of drug-likeness (QED) is 0.804. The van der Waals surface area contributed by atoms with Gasteiger partial charge in [0.25, 0.3) is 0 Å². The molecule has 0 spiro atoms. The zero-order valence-electron chi connectivity index (χ0n) is 15.0. The Kier molecular flexibility index (Phi) is 5.29. The second-order valence-electron chi connectivity index (χ2n) is 6.63. The molecule has 1 saturated heterocycles. The van der Waals surface area contributed by atoms with E-state index >= 15 is 0 Å². The van der Waals surface area contributed by atoms with Crippen molar-refractivity contribution in [2.24, 2.45) is 0 Å². The summed E-state index contributed by atoms with van der Waals surface area (Å²) in [6, 6.07) is 6.81. The molecule has 3 rings (SSSR count). The first kappa shape index (κ1) is 18.0. The van der Waals surface area contributed by atoms with Crippen molar-refractivity contribution in [3.8, 4) is 0 Å². The molecule has 0 radical (unpaired) electrons. The fourth-order valence-electron chi connectivity index (χ4n) is 3.41. The highest BCUT2D eigenvalue weighted by molar-refractivity contribution is 5.92. The highest BCUT2D eigenvalue weighted by Crippen LogP contribution is 2.27. The molecule has 2 N–H and O–H groups in total. The third kappa shape index (κ3) is 3.74. The van der Waals surface area contributed by atoms with Gasteiger partial charge in [0.2, 0.25) is 0 Å². The number of methoxy groups -OCH3 is 1. The van der Waals surface area contributed by atoms with Crippen molar-refractivity contribution >= 4 is 23.7 Å². The molecule has 1 fully saturated rings. The maximum Gasteiger partial charge on any atom is 0.328 e. The summed E-state index contributed by atoms with van der Waals surface area (Å²) in [7, 11) is 1.29. The molecule has 1 unspecified atom stereocenters. The molecule has 1 aromatic carbocycles. The Bertz CT molecular complexity index is 700. The lowest BCUT2D eigenvalue weighted by molar-refractivity contribution is -0.142. The van der Waals surface area contributed by atoms with Crippen LogP contribution in [0.4, 0.5) is 15.3 Å². The van der Waals surface area contributed by atoms with Gasteiger partial charge in [-0.25, -0.2) is 14.4 Å². The topological polar surface area (TPSA) is 91.0 Å². The molecule has 0 aliphatic carbocycles. The van der Waals surface area contributed by atoms with E-state index in [9.17, 15) is 14.4 Å². The molecule has 4 amide bonds. The molecule has 2 aliphatic rings. The van der Waals surface area contributed by atoms with E-state index in [0.29, 0.717) is 32.5 Å². The van der Waals surface area contributed by atoms with Crippen LogP contribution in [0, 0.1) is 0 Å². The minimum absolute atomic E-state index is 0.0884. The van der Waals surface area contributed by atoms with Crippen molar-refractivity contribution in [3.05, 3.63) is 29.8 Å². The van der Waals surface area contributed by atoms with Gasteiger partial charge in [0, 0.05) is 31.4 Å². The Hall–Kier alpha value is -2.77. The molecule has 0 saturated carbocycles. The zero-order chi connectivity index (χ0) is 18.7. The summed E-state index contributed by atoms with van der Waals surface area (Å²) in [5.41, 5.74) is 1.96.